The summed E-state index contributed by atoms with van der Waals surface area (Å²) in [5.41, 5.74) is 4.76. The van der Waals surface area contributed by atoms with Crippen LogP contribution in [0.15, 0.2) is 66.9 Å². The summed E-state index contributed by atoms with van der Waals surface area (Å²) in [5, 5.41) is 18.9. The standard InChI is InChI=1S/C38H43N7O4/c1-42-17-12-26-4-10-33(40-35(26)42)39-29-13-18-44(19-14-29)30-6-2-25(3-7-30)23-43-20-15-38(49,16-21-43)28-5-8-31-27(22-28)24-45(37(31)48)32-9-11-34(46)41-36(32)47/h2-8,10,12,17,22,29,32,49H,9,11,13-16,18-21,23-24H2,1H3,(H,39,40)(H,41,46,47). The summed E-state index contributed by atoms with van der Waals surface area (Å²) in [6.07, 6.45) is 5.93. The smallest absolute Gasteiger partial charge is 0.255 e. The molecular weight excluding hydrogens is 618 g/mol. The molecule has 11 nitrogen and oxygen atoms in total. The Hall–Kier alpha value is -4.74. The number of carbonyl (C=O) groups excluding carboxylic acids is 3. The summed E-state index contributed by atoms with van der Waals surface area (Å²) in [6, 6.07) is 20.6. The molecule has 254 valence electrons. The molecule has 0 saturated carbocycles. The van der Waals surface area contributed by atoms with E-state index in [0.29, 0.717) is 37.4 Å². The topological polar surface area (TPSA) is 123 Å². The van der Waals surface area contributed by atoms with Crippen LogP contribution in [0.2, 0.25) is 0 Å². The van der Waals surface area contributed by atoms with Gasteiger partial charge in [-0.1, -0.05) is 24.3 Å². The van der Waals surface area contributed by atoms with Crippen molar-refractivity contribution in [1.29, 1.82) is 0 Å². The summed E-state index contributed by atoms with van der Waals surface area (Å²) in [7, 11) is 2.03. The maximum Gasteiger partial charge on any atom is 0.255 e. The highest BCUT2D eigenvalue weighted by atomic mass is 16.3. The van der Waals surface area contributed by atoms with Crippen LogP contribution in [-0.4, -0.2) is 80.4 Å². The third-order valence-corrected chi connectivity index (χ3v) is 11.0. The van der Waals surface area contributed by atoms with Crippen molar-refractivity contribution in [2.75, 3.05) is 36.4 Å². The Balaban J connectivity index is 0.824. The maximum absolute atomic E-state index is 13.1. The number of hydrogen-bond acceptors (Lipinski definition) is 8. The first-order chi connectivity index (χ1) is 23.7. The fourth-order valence-electron chi connectivity index (χ4n) is 8.01. The molecule has 2 aromatic carbocycles. The van der Waals surface area contributed by atoms with Gasteiger partial charge in [-0.15, -0.1) is 0 Å². The van der Waals surface area contributed by atoms with Crippen molar-refractivity contribution in [3.63, 3.8) is 0 Å². The monoisotopic (exact) mass is 661 g/mol. The average molecular weight is 662 g/mol. The Labute approximate surface area is 285 Å². The summed E-state index contributed by atoms with van der Waals surface area (Å²) in [4.78, 5) is 48.3. The zero-order chi connectivity index (χ0) is 33.7. The summed E-state index contributed by atoms with van der Waals surface area (Å²) >= 11 is 0. The first-order valence-corrected chi connectivity index (χ1v) is 17.5. The number of imide groups is 1. The predicted octanol–water partition coefficient (Wildman–Crippen LogP) is 3.90. The highest BCUT2D eigenvalue weighted by molar-refractivity contribution is 6.05. The van der Waals surface area contributed by atoms with Crippen molar-refractivity contribution in [2.45, 2.75) is 69.3 Å². The predicted molar refractivity (Wildman–Crippen MR) is 187 cm³/mol. The molecule has 4 aliphatic rings. The van der Waals surface area contributed by atoms with E-state index in [-0.39, 0.29) is 18.2 Å². The number of anilines is 2. The van der Waals surface area contributed by atoms with Gasteiger partial charge >= 0.3 is 0 Å². The number of pyridine rings is 1. The van der Waals surface area contributed by atoms with Gasteiger partial charge in [-0.25, -0.2) is 4.98 Å². The first-order valence-electron chi connectivity index (χ1n) is 17.5. The second kappa shape index (κ2) is 12.6. The van der Waals surface area contributed by atoms with E-state index in [1.54, 1.807) is 11.0 Å². The zero-order valence-electron chi connectivity index (χ0n) is 27.9. The van der Waals surface area contributed by atoms with Gasteiger partial charge in [-0.05, 0) is 85.2 Å². The number of benzene rings is 2. The third kappa shape index (κ3) is 6.17. The number of likely N-dealkylation sites (tertiary alicyclic amines) is 1. The molecule has 1 atom stereocenters. The van der Waals surface area contributed by atoms with E-state index >= 15 is 0 Å². The van der Waals surface area contributed by atoms with Crippen molar-refractivity contribution < 1.29 is 19.5 Å². The van der Waals surface area contributed by atoms with Crippen LogP contribution < -0.4 is 15.5 Å². The highest BCUT2D eigenvalue weighted by Crippen LogP contribution is 2.37. The number of carbonyl (C=O) groups is 3. The largest absolute Gasteiger partial charge is 0.385 e. The molecule has 6 heterocycles. The Bertz CT molecular complexity index is 1900. The van der Waals surface area contributed by atoms with E-state index in [2.05, 4.69) is 67.5 Å². The van der Waals surface area contributed by atoms with Gasteiger partial charge in [0.1, 0.15) is 17.5 Å². The Kier molecular flexibility index (Phi) is 8.12. The molecular formula is C38H43N7O4. The summed E-state index contributed by atoms with van der Waals surface area (Å²) < 4.78 is 2.06. The lowest BCUT2D eigenvalue weighted by Crippen LogP contribution is -2.52. The molecule has 1 unspecified atom stereocenters. The van der Waals surface area contributed by atoms with Crippen LogP contribution in [0.3, 0.4) is 0 Å². The van der Waals surface area contributed by atoms with Gasteiger partial charge in [0.15, 0.2) is 0 Å². The molecule has 11 heteroatoms. The Morgan fingerprint density at radius 3 is 2.47 bits per heavy atom. The number of amides is 3. The second-order valence-corrected chi connectivity index (χ2v) is 14.2. The number of nitrogens with one attached hydrogen (secondary N) is 2. The fourth-order valence-corrected chi connectivity index (χ4v) is 8.01. The molecule has 0 spiro atoms. The van der Waals surface area contributed by atoms with Crippen LogP contribution in [-0.2, 0) is 35.3 Å². The number of nitrogens with zero attached hydrogens (tertiary/aromatic N) is 5. The molecule has 8 rings (SSSR count). The molecule has 4 aromatic rings. The number of fused-ring (bicyclic) bond motifs is 2. The second-order valence-electron chi connectivity index (χ2n) is 14.2. The zero-order valence-corrected chi connectivity index (χ0v) is 27.9. The number of aryl methyl sites for hydroxylation is 1. The number of aromatic nitrogens is 2. The minimum Gasteiger partial charge on any atom is -0.385 e. The molecule has 0 radical (unpaired) electrons. The lowest BCUT2D eigenvalue weighted by Gasteiger charge is -2.39. The minimum absolute atomic E-state index is 0.195. The van der Waals surface area contributed by atoms with E-state index in [1.807, 2.05) is 25.4 Å². The molecule has 3 saturated heterocycles. The molecule has 4 aliphatic heterocycles. The first kappa shape index (κ1) is 31.5. The molecule has 0 aliphatic carbocycles. The van der Waals surface area contributed by atoms with Crippen LogP contribution in [0.1, 0.15) is 65.6 Å². The molecule has 0 bridgehead atoms. The van der Waals surface area contributed by atoms with Crippen LogP contribution in [0.25, 0.3) is 11.0 Å². The normalized spacial score (nSPS) is 21.7. The number of aliphatic hydroxyl groups is 1. The van der Waals surface area contributed by atoms with Crippen molar-refractivity contribution >= 4 is 40.3 Å². The van der Waals surface area contributed by atoms with Gasteiger partial charge in [-0.2, -0.15) is 0 Å². The van der Waals surface area contributed by atoms with E-state index in [4.69, 9.17) is 4.98 Å². The molecule has 3 N–H and O–H groups in total. The average Bonchev–Trinajstić information content (AvgIpc) is 3.64. The van der Waals surface area contributed by atoms with Gasteiger partial charge in [0.2, 0.25) is 11.8 Å². The van der Waals surface area contributed by atoms with Crippen LogP contribution in [0.4, 0.5) is 11.5 Å². The van der Waals surface area contributed by atoms with E-state index in [9.17, 15) is 19.5 Å². The number of hydrogen-bond donors (Lipinski definition) is 3. The quantitative estimate of drug-likeness (QED) is 0.255. The fraction of sp³-hybridized carbons (Fsp3) is 0.421. The Morgan fingerprint density at radius 1 is 0.939 bits per heavy atom. The van der Waals surface area contributed by atoms with Crippen LogP contribution in [0.5, 0.6) is 0 Å². The highest BCUT2D eigenvalue weighted by Gasteiger charge is 2.41. The molecule has 3 amide bonds. The SMILES string of the molecule is Cn1ccc2ccc(NC3CCN(c4ccc(CN5CCC(O)(c6ccc7c(c6)CN(C6CCC(=O)NC6=O)C7=O)CC5)cc4)CC3)nc21. The third-order valence-electron chi connectivity index (χ3n) is 11.0. The van der Waals surface area contributed by atoms with Gasteiger partial charge in [-0.3, -0.25) is 24.6 Å². The van der Waals surface area contributed by atoms with Gasteiger partial charge < -0.3 is 24.8 Å². The summed E-state index contributed by atoms with van der Waals surface area (Å²) in [5.74, 6) is 0.0336. The van der Waals surface area contributed by atoms with Crippen LogP contribution >= 0.6 is 0 Å². The van der Waals surface area contributed by atoms with Gasteiger partial charge in [0, 0.05) is 81.6 Å². The van der Waals surface area contributed by atoms with Crippen molar-refractivity contribution in [1.82, 2.24) is 24.7 Å². The van der Waals surface area contributed by atoms with E-state index < -0.39 is 17.6 Å². The van der Waals surface area contributed by atoms with Crippen molar-refractivity contribution in [3.05, 3.63) is 89.1 Å². The van der Waals surface area contributed by atoms with E-state index in [1.165, 1.54) is 11.3 Å². The van der Waals surface area contributed by atoms with Gasteiger partial charge in [0.25, 0.3) is 5.91 Å². The molecule has 49 heavy (non-hydrogen) atoms. The van der Waals surface area contributed by atoms with Crippen molar-refractivity contribution in [2.24, 2.45) is 7.05 Å². The molecule has 2 aromatic heterocycles. The van der Waals surface area contributed by atoms with E-state index in [0.717, 1.165) is 73.5 Å². The van der Waals surface area contributed by atoms with Crippen LogP contribution in [0, 0.1) is 0 Å². The van der Waals surface area contributed by atoms with Gasteiger partial charge in [0.05, 0.1) is 5.60 Å². The lowest BCUT2D eigenvalue weighted by molar-refractivity contribution is -0.136. The number of piperidine rings is 3. The lowest BCUT2D eigenvalue weighted by atomic mass is 9.83. The molecule has 3 fully saturated rings. The van der Waals surface area contributed by atoms with Crippen molar-refractivity contribution in [3.8, 4) is 0 Å². The minimum atomic E-state index is -0.967. The summed E-state index contributed by atoms with van der Waals surface area (Å²) in [6.45, 7) is 4.68. The Morgan fingerprint density at radius 2 is 1.71 bits per heavy atom. The number of rotatable bonds is 7. The maximum atomic E-state index is 13.1.